The van der Waals surface area contributed by atoms with Gasteiger partial charge in [0.05, 0.1) is 12.6 Å². The minimum atomic E-state index is -4.57. The first kappa shape index (κ1) is 24.8. The molecule has 1 unspecified atom stereocenters. The molecule has 1 amide bonds. The molecule has 4 N–H and O–H groups in total. The van der Waals surface area contributed by atoms with Gasteiger partial charge in [0, 0.05) is 34.6 Å². The molecule has 1 fully saturated rings. The number of anilines is 1. The number of ether oxygens (including phenoxy) is 1. The molecular formula is C26H29F3N4O2. The first-order chi connectivity index (χ1) is 16.7. The van der Waals surface area contributed by atoms with E-state index in [0.29, 0.717) is 22.4 Å². The predicted octanol–water partition coefficient (Wildman–Crippen LogP) is 4.91. The summed E-state index contributed by atoms with van der Waals surface area (Å²) in [5.41, 5.74) is 7.25. The number of halogens is 3. The molecule has 186 valence electrons. The van der Waals surface area contributed by atoms with Crippen molar-refractivity contribution in [2.45, 2.75) is 44.4 Å². The number of amides is 1. The Morgan fingerprint density at radius 2 is 1.83 bits per heavy atom. The second-order valence-corrected chi connectivity index (χ2v) is 8.96. The summed E-state index contributed by atoms with van der Waals surface area (Å²) in [6, 6.07) is 12.6. The van der Waals surface area contributed by atoms with Crippen LogP contribution in [0.1, 0.15) is 40.9 Å². The number of carbonyl (C=O) groups is 1. The molecule has 1 saturated carbocycles. The standard InChI is InChI=1S/C26H29F3N4O2/c1-15-6-11-22-18(12-15)23(13-24(32-22)26(27,28)29)31-20-4-3-5-21(19(20)14-30)33-25(34)16-7-9-17(35-2)10-8-16/h6-13,19-21H,3-5,14,30H2,1-2H3,(H,31,32)(H,33,34)/t19?,20-,21+/m0/s1. The van der Waals surface area contributed by atoms with Crippen LogP contribution >= 0.6 is 0 Å². The number of pyridine rings is 1. The van der Waals surface area contributed by atoms with Crippen LogP contribution in [0.15, 0.2) is 48.5 Å². The zero-order valence-electron chi connectivity index (χ0n) is 19.7. The third-order valence-corrected chi connectivity index (χ3v) is 6.60. The van der Waals surface area contributed by atoms with Gasteiger partial charge in [0.25, 0.3) is 5.91 Å². The lowest BCUT2D eigenvalue weighted by molar-refractivity contribution is -0.140. The van der Waals surface area contributed by atoms with E-state index in [1.807, 2.05) is 13.0 Å². The van der Waals surface area contributed by atoms with Crippen LogP contribution in [0.4, 0.5) is 18.9 Å². The number of methoxy groups -OCH3 is 1. The Balaban J connectivity index is 1.59. The molecule has 35 heavy (non-hydrogen) atoms. The van der Waals surface area contributed by atoms with Gasteiger partial charge >= 0.3 is 6.18 Å². The molecule has 1 aliphatic rings. The van der Waals surface area contributed by atoms with E-state index in [-0.39, 0.29) is 36.0 Å². The second-order valence-electron chi connectivity index (χ2n) is 8.96. The monoisotopic (exact) mass is 486 g/mol. The van der Waals surface area contributed by atoms with E-state index >= 15 is 0 Å². The van der Waals surface area contributed by atoms with E-state index in [1.165, 1.54) is 0 Å². The Labute approximate surface area is 202 Å². The summed E-state index contributed by atoms with van der Waals surface area (Å²) >= 11 is 0. The molecule has 6 nitrogen and oxygen atoms in total. The van der Waals surface area contributed by atoms with Crippen molar-refractivity contribution >= 4 is 22.5 Å². The Morgan fingerprint density at radius 1 is 1.11 bits per heavy atom. The van der Waals surface area contributed by atoms with Gasteiger partial charge in [-0.15, -0.1) is 0 Å². The van der Waals surface area contributed by atoms with E-state index in [0.717, 1.165) is 30.9 Å². The largest absolute Gasteiger partial charge is 0.497 e. The predicted molar refractivity (Wildman–Crippen MR) is 130 cm³/mol. The highest BCUT2D eigenvalue weighted by Gasteiger charge is 2.36. The lowest BCUT2D eigenvalue weighted by Gasteiger charge is -2.39. The Morgan fingerprint density at radius 3 is 2.49 bits per heavy atom. The number of nitrogens with one attached hydrogen (secondary N) is 2. The van der Waals surface area contributed by atoms with E-state index in [9.17, 15) is 18.0 Å². The lowest BCUT2D eigenvalue weighted by atomic mass is 9.80. The van der Waals surface area contributed by atoms with Crippen molar-refractivity contribution < 1.29 is 22.7 Å². The van der Waals surface area contributed by atoms with E-state index < -0.39 is 11.9 Å². The lowest BCUT2D eigenvalue weighted by Crippen LogP contribution is -2.52. The fraction of sp³-hybridized carbons (Fsp3) is 0.385. The Bertz CT molecular complexity index is 1200. The third-order valence-electron chi connectivity index (χ3n) is 6.60. The zero-order chi connectivity index (χ0) is 25.2. The maximum Gasteiger partial charge on any atom is 0.433 e. The van der Waals surface area contributed by atoms with Gasteiger partial charge in [0.1, 0.15) is 11.4 Å². The number of alkyl halides is 3. The molecule has 0 aliphatic heterocycles. The molecule has 2 aromatic carbocycles. The van der Waals surface area contributed by atoms with Crippen LogP contribution in [0.2, 0.25) is 0 Å². The minimum absolute atomic E-state index is 0.159. The van der Waals surface area contributed by atoms with E-state index in [4.69, 9.17) is 10.5 Å². The van der Waals surface area contributed by atoms with Gasteiger partial charge in [-0.05, 0) is 75.2 Å². The van der Waals surface area contributed by atoms with Crippen molar-refractivity contribution in [1.82, 2.24) is 10.3 Å². The van der Waals surface area contributed by atoms with Crippen LogP contribution < -0.4 is 21.1 Å². The number of aromatic nitrogens is 1. The summed E-state index contributed by atoms with van der Waals surface area (Å²) < 4.78 is 45.8. The van der Waals surface area contributed by atoms with Crippen molar-refractivity contribution in [3.63, 3.8) is 0 Å². The minimum Gasteiger partial charge on any atom is -0.497 e. The van der Waals surface area contributed by atoms with Gasteiger partial charge in [-0.25, -0.2) is 4.98 Å². The number of hydrogen-bond donors (Lipinski definition) is 3. The maximum atomic E-state index is 13.5. The van der Waals surface area contributed by atoms with Gasteiger partial charge in [0.15, 0.2) is 0 Å². The van der Waals surface area contributed by atoms with E-state index in [2.05, 4.69) is 15.6 Å². The number of nitrogens with zero attached hydrogens (tertiary/aromatic N) is 1. The number of rotatable bonds is 6. The van der Waals surface area contributed by atoms with E-state index in [1.54, 1.807) is 43.5 Å². The Hall–Kier alpha value is -3.33. The first-order valence-electron chi connectivity index (χ1n) is 11.6. The molecule has 1 aromatic heterocycles. The smallest absolute Gasteiger partial charge is 0.433 e. The van der Waals surface area contributed by atoms with Gasteiger partial charge in [-0.1, -0.05) is 11.6 Å². The fourth-order valence-electron chi connectivity index (χ4n) is 4.75. The zero-order valence-corrected chi connectivity index (χ0v) is 19.7. The number of hydrogen-bond acceptors (Lipinski definition) is 5. The summed E-state index contributed by atoms with van der Waals surface area (Å²) in [4.78, 5) is 16.7. The van der Waals surface area contributed by atoms with Crippen LogP contribution in [0, 0.1) is 12.8 Å². The number of fused-ring (bicyclic) bond motifs is 1. The maximum absolute atomic E-state index is 13.5. The van der Waals surface area contributed by atoms with Crippen LogP contribution in [0.25, 0.3) is 10.9 Å². The summed E-state index contributed by atoms with van der Waals surface area (Å²) in [5, 5.41) is 7.04. The summed E-state index contributed by atoms with van der Waals surface area (Å²) in [5.74, 6) is 0.274. The fourth-order valence-corrected chi connectivity index (χ4v) is 4.75. The highest BCUT2D eigenvalue weighted by Crippen LogP contribution is 2.35. The van der Waals surface area contributed by atoms with Crippen molar-refractivity contribution in [2.24, 2.45) is 11.7 Å². The normalized spacial score (nSPS) is 20.5. The molecule has 0 radical (unpaired) electrons. The van der Waals surface area contributed by atoms with Crippen molar-refractivity contribution in [3.8, 4) is 5.75 Å². The number of aryl methyl sites for hydroxylation is 1. The molecule has 3 aromatic rings. The van der Waals surface area contributed by atoms with Gasteiger partial charge in [-0.3, -0.25) is 4.79 Å². The SMILES string of the molecule is COc1ccc(C(=O)N[C@@H]2CCC[C@H](Nc3cc(C(F)(F)F)nc4ccc(C)cc34)C2CN)cc1. The average Bonchev–Trinajstić information content (AvgIpc) is 2.83. The second kappa shape index (κ2) is 10.1. The van der Waals surface area contributed by atoms with Crippen molar-refractivity contribution in [3.05, 3.63) is 65.4 Å². The number of nitrogens with two attached hydrogens (primary N) is 1. The van der Waals surface area contributed by atoms with Crippen LogP contribution in [-0.2, 0) is 6.18 Å². The number of carbonyl (C=O) groups excluding carboxylic acids is 1. The summed E-state index contributed by atoms with van der Waals surface area (Å²) in [7, 11) is 1.56. The molecule has 0 saturated heterocycles. The molecule has 1 heterocycles. The molecular weight excluding hydrogens is 457 g/mol. The Kier molecular flexibility index (Phi) is 7.16. The van der Waals surface area contributed by atoms with Gasteiger partial charge in [-0.2, -0.15) is 13.2 Å². The molecule has 0 spiro atoms. The van der Waals surface area contributed by atoms with Crippen LogP contribution in [0.5, 0.6) is 5.75 Å². The van der Waals surface area contributed by atoms with Crippen LogP contribution in [0.3, 0.4) is 0 Å². The quantitative estimate of drug-likeness (QED) is 0.461. The average molecular weight is 487 g/mol. The first-order valence-corrected chi connectivity index (χ1v) is 11.6. The summed E-state index contributed by atoms with van der Waals surface area (Å²) in [6.45, 7) is 2.16. The molecule has 1 aliphatic carbocycles. The topological polar surface area (TPSA) is 89.3 Å². The highest BCUT2D eigenvalue weighted by atomic mass is 19.4. The number of benzene rings is 2. The van der Waals surface area contributed by atoms with Crippen molar-refractivity contribution in [2.75, 3.05) is 19.0 Å². The molecule has 3 atom stereocenters. The van der Waals surface area contributed by atoms with Gasteiger partial charge in [0.2, 0.25) is 0 Å². The molecule has 0 bridgehead atoms. The molecule has 4 rings (SSSR count). The van der Waals surface area contributed by atoms with Gasteiger partial charge < -0.3 is 21.1 Å². The third kappa shape index (κ3) is 5.51. The van der Waals surface area contributed by atoms with Crippen molar-refractivity contribution in [1.29, 1.82) is 0 Å². The van der Waals surface area contributed by atoms with Crippen LogP contribution in [-0.4, -0.2) is 36.6 Å². The molecule has 9 heteroatoms. The summed E-state index contributed by atoms with van der Waals surface area (Å²) in [6.07, 6.45) is -2.29. The highest BCUT2D eigenvalue weighted by molar-refractivity contribution is 5.94.